The molecule has 5 heteroatoms. The minimum Gasteiger partial charge on any atom is -0.490 e. The smallest absolute Gasteiger partial charge is 0.161 e. The Morgan fingerprint density at radius 1 is 1.21 bits per heavy atom. The Morgan fingerprint density at radius 3 is 2.71 bits per heavy atom. The van der Waals surface area contributed by atoms with Crippen molar-refractivity contribution < 1.29 is 19.3 Å². The molecule has 0 radical (unpaired) electrons. The van der Waals surface area contributed by atoms with E-state index in [0.29, 0.717) is 25.2 Å². The summed E-state index contributed by atoms with van der Waals surface area (Å²) in [6.07, 6.45) is 2.96. The first kappa shape index (κ1) is 17.5. The van der Waals surface area contributed by atoms with Crippen LogP contribution in [0.4, 0.5) is 0 Å². The first-order valence-electron chi connectivity index (χ1n) is 9.14. The molecule has 1 saturated carbocycles. The van der Waals surface area contributed by atoms with E-state index in [1.807, 2.05) is 31.2 Å². The van der Waals surface area contributed by atoms with Crippen LogP contribution in [0.5, 0.6) is 11.5 Å². The van der Waals surface area contributed by atoms with Crippen molar-refractivity contribution in [2.45, 2.75) is 38.3 Å². The Bertz CT molecular complexity index is 510. The lowest BCUT2D eigenvalue weighted by molar-refractivity contribution is -0.0532. The van der Waals surface area contributed by atoms with Gasteiger partial charge in [-0.15, -0.1) is 0 Å². The Hall–Kier alpha value is -1.30. The van der Waals surface area contributed by atoms with Crippen molar-refractivity contribution in [2.24, 2.45) is 5.92 Å². The molecule has 3 unspecified atom stereocenters. The van der Waals surface area contributed by atoms with Gasteiger partial charge >= 0.3 is 0 Å². The van der Waals surface area contributed by atoms with E-state index in [1.54, 1.807) is 0 Å². The van der Waals surface area contributed by atoms with Crippen molar-refractivity contribution in [3.05, 3.63) is 24.3 Å². The molecule has 3 rings (SSSR count). The fourth-order valence-corrected chi connectivity index (χ4v) is 3.86. The van der Waals surface area contributed by atoms with E-state index in [1.165, 1.54) is 0 Å². The highest BCUT2D eigenvalue weighted by Crippen LogP contribution is 2.32. The standard InChI is InChI=1S/C19H29NO4/c1-2-23-18-8-3-4-9-19(18)24-13-11-20-10-12-22-14-16(20)15-6-5-7-17(15)21/h3-4,8-9,15-17,21H,2,5-7,10-14H2,1H3. The van der Waals surface area contributed by atoms with Crippen molar-refractivity contribution in [3.63, 3.8) is 0 Å². The molecule has 1 aromatic rings. The molecule has 1 heterocycles. The fourth-order valence-electron chi connectivity index (χ4n) is 3.86. The normalized spacial score (nSPS) is 28.0. The van der Waals surface area contributed by atoms with Crippen molar-refractivity contribution in [1.82, 2.24) is 4.90 Å². The molecule has 2 fully saturated rings. The third-order valence-corrected chi connectivity index (χ3v) is 5.09. The van der Waals surface area contributed by atoms with Gasteiger partial charge in [0.1, 0.15) is 6.61 Å². The zero-order chi connectivity index (χ0) is 16.8. The Morgan fingerprint density at radius 2 is 2.00 bits per heavy atom. The number of rotatable bonds is 7. The third kappa shape index (κ3) is 4.21. The van der Waals surface area contributed by atoms with E-state index < -0.39 is 0 Å². The molecule has 0 bridgehead atoms. The van der Waals surface area contributed by atoms with Crippen LogP contribution < -0.4 is 9.47 Å². The summed E-state index contributed by atoms with van der Waals surface area (Å²) in [4.78, 5) is 2.42. The van der Waals surface area contributed by atoms with E-state index in [0.717, 1.165) is 57.1 Å². The van der Waals surface area contributed by atoms with Crippen LogP contribution in [0.25, 0.3) is 0 Å². The van der Waals surface area contributed by atoms with Gasteiger partial charge in [0, 0.05) is 25.0 Å². The maximum Gasteiger partial charge on any atom is 0.161 e. The third-order valence-electron chi connectivity index (χ3n) is 5.09. The van der Waals surface area contributed by atoms with Gasteiger partial charge in [0.2, 0.25) is 0 Å². The number of morpholine rings is 1. The lowest BCUT2D eigenvalue weighted by Crippen LogP contribution is -2.52. The van der Waals surface area contributed by atoms with Gasteiger partial charge in [-0.3, -0.25) is 4.90 Å². The molecule has 3 atom stereocenters. The quantitative estimate of drug-likeness (QED) is 0.829. The zero-order valence-electron chi connectivity index (χ0n) is 14.5. The predicted octanol–water partition coefficient (Wildman–Crippen LogP) is 2.33. The number of hydrogen-bond donors (Lipinski definition) is 1. The van der Waals surface area contributed by atoms with E-state index >= 15 is 0 Å². The lowest BCUT2D eigenvalue weighted by atomic mass is 9.94. The van der Waals surface area contributed by atoms with Gasteiger partial charge in [-0.25, -0.2) is 0 Å². The summed E-state index contributed by atoms with van der Waals surface area (Å²) >= 11 is 0. The summed E-state index contributed by atoms with van der Waals surface area (Å²) in [5.74, 6) is 1.93. The average molecular weight is 335 g/mol. The second-order valence-corrected chi connectivity index (χ2v) is 6.57. The van der Waals surface area contributed by atoms with E-state index in [9.17, 15) is 5.11 Å². The van der Waals surface area contributed by atoms with Gasteiger partial charge in [0.05, 0.1) is 25.9 Å². The van der Waals surface area contributed by atoms with Gasteiger partial charge in [0.25, 0.3) is 0 Å². The summed E-state index contributed by atoms with van der Waals surface area (Å²) < 4.78 is 17.2. The minimum absolute atomic E-state index is 0.182. The molecule has 1 N–H and O–H groups in total. The van der Waals surface area contributed by atoms with E-state index in [4.69, 9.17) is 14.2 Å². The van der Waals surface area contributed by atoms with Crippen molar-refractivity contribution in [2.75, 3.05) is 39.5 Å². The van der Waals surface area contributed by atoms with Crippen molar-refractivity contribution in [3.8, 4) is 11.5 Å². The number of para-hydroxylation sites is 2. The second-order valence-electron chi connectivity index (χ2n) is 6.57. The van der Waals surface area contributed by atoms with Crippen LogP contribution in [0, 0.1) is 5.92 Å². The van der Waals surface area contributed by atoms with Crippen LogP contribution in [-0.2, 0) is 4.74 Å². The van der Waals surface area contributed by atoms with Crippen molar-refractivity contribution in [1.29, 1.82) is 0 Å². The Labute approximate surface area is 144 Å². The summed E-state index contributed by atoms with van der Waals surface area (Å²) in [7, 11) is 0. The van der Waals surface area contributed by atoms with Crippen LogP contribution in [0.2, 0.25) is 0 Å². The van der Waals surface area contributed by atoms with Gasteiger partial charge in [-0.1, -0.05) is 18.6 Å². The second kappa shape index (κ2) is 8.70. The molecule has 5 nitrogen and oxygen atoms in total. The minimum atomic E-state index is -0.182. The maximum absolute atomic E-state index is 10.2. The SMILES string of the molecule is CCOc1ccccc1OCCN1CCOCC1C1CCCC1O. The number of nitrogens with zero attached hydrogens (tertiary/aromatic N) is 1. The highest BCUT2D eigenvalue weighted by atomic mass is 16.5. The molecular formula is C19H29NO4. The van der Waals surface area contributed by atoms with Crippen LogP contribution in [-0.4, -0.2) is 61.7 Å². The number of hydrogen-bond acceptors (Lipinski definition) is 5. The van der Waals surface area contributed by atoms with E-state index in [-0.39, 0.29) is 6.10 Å². The molecule has 1 aliphatic heterocycles. The average Bonchev–Trinajstić information content (AvgIpc) is 3.03. The lowest BCUT2D eigenvalue weighted by Gasteiger charge is -2.40. The van der Waals surface area contributed by atoms with Gasteiger partial charge in [-0.05, 0) is 31.9 Å². The van der Waals surface area contributed by atoms with Gasteiger partial charge in [-0.2, -0.15) is 0 Å². The largest absolute Gasteiger partial charge is 0.490 e. The highest BCUT2D eigenvalue weighted by Gasteiger charge is 2.37. The summed E-state index contributed by atoms with van der Waals surface area (Å²) in [6, 6.07) is 8.11. The van der Waals surface area contributed by atoms with Crippen molar-refractivity contribution >= 4 is 0 Å². The molecule has 0 spiro atoms. The zero-order valence-corrected chi connectivity index (χ0v) is 14.5. The molecule has 1 aliphatic carbocycles. The summed E-state index contributed by atoms with van der Waals surface area (Å²) in [5, 5.41) is 10.2. The topological polar surface area (TPSA) is 51.2 Å². The molecule has 0 aromatic heterocycles. The molecule has 1 saturated heterocycles. The van der Waals surface area contributed by atoms with E-state index in [2.05, 4.69) is 4.90 Å². The molecule has 24 heavy (non-hydrogen) atoms. The molecular weight excluding hydrogens is 306 g/mol. The van der Waals surface area contributed by atoms with Crippen LogP contribution in [0.1, 0.15) is 26.2 Å². The number of ether oxygens (including phenoxy) is 3. The Balaban J connectivity index is 1.55. The molecule has 134 valence electrons. The summed E-state index contributed by atoms with van der Waals surface area (Å²) in [6.45, 7) is 6.45. The van der Waals surface area contributed by atoms with Gasteiger partial charge < -0.3 is 19.3 Å². The monoisotopic (exact) mass is 335 g/mol. The first-order valence-corrected chi connectivity index (χ1v) is 9.14. The van der Waals surface area contributed by atoms with Crippen LogP contribution in [0.15, 0.2) is 24.3 Å². The number of benzene rings is 1. The molecule has 0 amide bonds. The molecule has 1 aromatic carbocycles. The first-order chi connectivity index (χ1) is 11.8. The predicted molar refractivity (Wildman–Crippen MR) is 92.6 cm³/mol. The molecule has 2 aliphatic rings. The Kier molecular flexibility index (Phi) is 6.35. The number of aliphatic hydroxyl groups is 1. The highest BCUT2D eigenvalue weighted by molar-refractivity contribution is 5.39. The van der Waals surface area contributed by atoms with Crippen LogP contribution in [0.3, 0.4) is 0 Å². The summed E-state index contributed by atoms with van der Waals surface area (Å²) in [5.41, 5.74) is 0. The fraction of sp³-hybridized carbons (Fsp3) is 0.684. The van der Waals surface area contributed by atoms with Crippen LogP contribution >= 0.6 is 0 Å². The number of aliphatic hydroxyl groups excluding tert-OH is 1. The maximum atomic E-state index is 10.2. The van der Waals surface area contributed by atoms with Gasteiger partial charge in [0.15, 0.2) is 11.5 Å².